The van der Waals surface area contributed by atoms with Gasteiger partial charge in [-0.2, -0.15) is 5.10 Å². The lowest BCUT2D eigenvalue weighted by Gasteiger charge is -2.25. The highest BCUT2D eigenvalue weighted by Crippen LogP contribution is 2.20. The number of carbonyl (C=O) groups is 3. The lowest BCUT2D eigenvalue weighted by atomic mass is 9.99. The molecule has 1 aliphatic rings. The molecule has 2 amide bonds. The summed E-state index contributed by atoms with van der Waals surface area (Å²) in [6, 6.07) is 7.83. The number of carbonyl (C=O) groups excluding carboxylic acids is 2. The third-order valence-corrected chi connectivity index (χ3v) is 4.06. The summed E-state index contributed by atoms with van der Waals surface area (Å²) in [5.74, 6) is -2.03. The first kappa shape index (κ1) is 17.7. The maximum atomic E-state index is 12.4. The van der Waals surface area contributed by atoms with Gasteiger partial charge in [-0.1, -0.05) is 38.5 Å². The number of benzene rings is 1. The zero-order valence-corrected chi connectivity index (χ0v) is 13.7. The van der Waals surface area contributed by atoms with Gasteiger partial charge < -0.3 is 10.4 Å². The molecule has 0 bridgehead atoms. The zero-order chi connectivity index (χ0) is 17.7. The highest BCUT2D eigenvalue weighted by Gasteiger charge is 2.30. The van der Waals surface area contributed by atoms with E-state index in [9.17, 15) is 19.5 Å². The minimum atomic E-state index is -1.08. The monoisotopic (exact) mass is 331 g/mol. The smallest absolute Gasteiger partial charge is 0.326 e. The van der Waals surface area contributed by atoms with Crippen LogP contribution in [0.2, 0.25) is 0 Å². The van der Waals surface area contributed by atoms with E-state index in [4.69, 9.17) is 0 Å². The molecule has 24 heavy (non-hydrogen) atoms. The van der Waals surface area contributed by atoms with Crippen LogP contribution >= 0.6 is 0 Å². The quantitative estimate of drug-likeness (QED) is 0.830. The first-order chi connectivity index (χ1) is 11.4. The summed E-state index contributed by atoms with van der Waals surface area (Å²) in [4.78, 5) is 35.8. The number of rotatable bonds is 6. The van der Waals surface area contributed by atoms with Gasteiger partial charge in [-0.3, -0.25) is 9.59 Å². The molecule has 1 aliphatic heterocycles. The number of carboxylic acids is 1. The molecule has 7 nitrogen and oxygen atoms in total. The average Bonchev–Trinajstić information content (AvgIpc) is 2.59. The fourth-order valence-corrected chi connectivity index (χ4v) is 2.40. The van der Waals surface area contributed by atoms with Gasteiger partial charge in [0, 0.05) is 12.8 Å². The van der Waals surface area contributed by atoms with Crippen LogP contribution in [0.1, 0.15) is 33.1 Å². The van der Waals surface area contributed by atoms with Crippen molar-refractivity contribution >= 4 is 29.2 Å². The van der Waals surface area contributed by atoms with Crippen molar-refractivity contribution in [3.8, 4) is 0 Å². The molecular formula is C17H21N3O4. The molecule has 7 heteroatoms. The first-order valence-electron chi connectivity index (χ1n) is 7.93. The Morgan fingerprint density at radius 2 is 1.96 bits per heavy atom. The topological polar surface area (TPSA) is 99.1 Å². The van der Waals surface area contributed by atoms with Crippen molar-refractivity contribution < 1.29 is 19.5 Å². The molecule has 0 spiro atoms. The normalized spacial score (nSPS) is 17.0. The molecular weight excluding hydrogens is 310 g/mol. The Hall–Kier alpha value is -2.70. The second kappa shape index (κ2) is 7.72. The van der Waals surface area contributed by atoms with Crippen LogP contribution in [0.25, 0.3) is 0 Å². The molecule has 0 aliphatic carbocycles. The lowest BCUT2D eigenvalue weighted by Crippen LogP contribution is -2.49. The molecule has 1 aromatic carbocycles. The third-order valence-electron chi connectivity index (χ3n) is 4.06. The summed E-state index contributed by atoms with van der Waals surface area (Å²) in [7, 11) is 0. The number of anilines is 1. The number of nitrogens with one attached hydrogen (secondary N) is 1. The van der Waals surface area contributed by atoms with Crippen LogP contribution in [0.15, 0.2) is 35.4 Å². The van der Waals surface area contributed by atoms with Crippen LogP contribution in [-0.2, 0) is 14.4 Å². The van der Waals surface area contributed by atoms with Crippen molar-refractivity contribution in [2.24, 2.45) is 11.0 Å². The summed E-state index contributed by atoms with van der Waals surface area (Å²) >= 11 is 0. The van der Waals surface area contributed by atoms with Crippen molar-refractivity contribution in [2.45, 2.75) is 39.2 Å². The Labute approximate surface area is 140 Å². The molecule has 2 atom stereocenters. The van der Waals surface area contributed by atoms with Gasteiger partial charge in [-0.15, -0.1) is 0 Å². The average molecular weight is 331 g/mol. The Morgan fingerprint density at radius 1 is 1.29 bits per heavy atom. The lowest BCUT2D eigenvalue weighted by molar-refractivity contribution is -0.142. The molecule has 2 N–H and O–H groups in total. The number of hydrogen-bond acceptors (Lipinski definition) is 4. The van der Waals surface area contributed by atoms with E-state index < -0.39 is 17.9 Å². The van der Waals surface area contributed by atoms with Crippen molar-refractivity contribution in [1.82, 2.24) is 5.32 Å². The Bertz CT molecular complexity index is 657. The fourth-order valence-electron chi connectivity index (χ4n) is 2.40. The van der Waals surface area contributed by atoms with Crippen molar-refractivity contribution in [2.75, 3.05) is 5.01 Å². The van der Waals surface area contributed by atoms with E-state index in [1.54, 1.807) is 31.2 Å². The number of aliphatic carboxylic acids is 1. The predicted molar refractivity (Wildman–Crippen MR) is 89.6 cm³/mol. The molecule has 0 saturated heterocycles. The fraction of sp³-hybridized carbons (Fsp3) is 0.412. The zero-order valence-electron chi connectivity index (χ0n) is 13.7. The Morgan fingerprint density at radius 3 is 2.54 bits per heavy atom. The van der Waals surface area contributed by atoms with Gasteiger partial charge in [0.25, 0.3) is 5.91 Å². The molecule has 1 aromatic rings. The summed E-state index contributed by atoms with van der Waals surface area (Å²) in [5.41, 5.74) is 0.734. The summed E-state index contributed by atoms with van der Waals surface area (Å²) in [5, 5.41) is 17.1. The first-order valence-corrected chi connectivity index (χ1v) is 7.93. The standard InChI is InChI=1S/C17H21N3O4/c1-3-11(2)15(17(23)24)18-16(22)13-9-10-14(21)20(19-13)12-7-5-4-6-8-12/h4-8,11,15H,3,9-10H2,1-2H3,(H,18,22)(H,23,24)/t11-,15-/m0/s1. The summed E-state index contributed by atoms with van der Waals surface area (Å²) in [6.07, 6.45) is 0.974. The number of para-hydroxylation sites is 1. The number of nitrogens with zero attached hydrogens (tertiary/aromatic N) is 2. The minimum Gasteiger partial charge on any atom is -0.480 e. The minimum absolute atomic E-state index is 0.155. The van der Waals surface area contributed by atoms with E-state index >= 15 is 0 Å². The molecule has 0 aromatic heterocycles. The molecule has 128 valence electrons. The van der Waals surface area contributed by atoms with Gasteiger partial charge in [0.15, 0.2) is 0 Å². The van der Waals surface area contributed by atoms with Crippen molar-refractivity contribution in [3.05, 3.63) is 30.3 Å². The molecule has 1 heterocycles. The van der Waals surface area contributed by atoms with Crippen molar-refractivity contribution in [1.29, 1.82) is 0 Å². The van der Waals surface area contributed by atoms with Crippen molar-refractivity contribution in [3.63, 3.8) is 0 Å². The van der Waals surface area contributed by atoms with E-state index in [2.05, 4.69) is 10.4 Å². The second-order valence-corrected chi connectivity index (χ2v) is 5.76. The van der Waals surface area contributed by atoms with Gasteiger partial charge >= 0.3 is 5.97 Å². The molecule has 0 fully saturated rings. The van der Waals surface area contributed by atoms with E-state index in [1.165, 1.54) is 5.01 Å². The molecule has 0 unspecified atom stereocenters. The third kappa shape index (κ3) is 3.98. The van der Waals surface area contributed by atoms with Gasteiger partial charge in [0.2, 0.25) is 5.91 Å². The van der Waals surface area contributed by atoms with Gasteiger partial charge in [-0.25, -0.2) is 9.80 Å². The number of hydrazone groups is 1. The largest absolute Gasteiger partial charge is 0.480 e. The summed E-state index contributed by atoms with van der Waals surface area (Å²) < 4.78 is 0. The summed E-state index contributed by atoms with van der Waals surface area (Å²) in [6.45, 7) is 3.63. The Balaban J connectivity index is 2.19. The second-order valence-electron chi connectivity index (χ2n) is 5.76. The van der Waals surface area contributed by atoms with Gasteiger partial charge in [0.1, 0.15) is 11.8 Å². The van der Waals surface area contributed by atoms with Crippen LogP contribution < -0.4 is 10.3 Å². The SMILES string of the molecule is CC[C@H](C)[C@H](NC(=O)C1=NN(c2ccccc2)C(=O)CC1)C(=O)O. The van der Waals surface area contributed by atoms with Crippen LogP contribution in [-0.4, -0.2) is 34.6 Å². The molecule has 0 saturated carbocycles. The maximum Gasteiger partial charge on any atom is 0.326 e. The van der Waals surface area contributed by atoms with Crippen LogP contribution in [0.5, 0.6) is 0 Å². The highest BCUT2D eigenvalue weighted by atomic mass is 16.4. The van der Waals surface area contributed by atoms with Gasteiger partial charge in [0.05, 0.1) is 5.69 Å². The maximum absolute atomic E-state index is 12.4. The highest BCUT2D eigenvalue weighted by molar-refractivity contribution is 6.40. The van der Waals surface area contributed by atoms with Crippen LogP contribution in [0.4, 0.5) is 5.69 Å². The molecule has 2 rings (SSSR count). The van der Waals surface area contributed by atoms with E-state index in [-0.39, 0.29) is 30.4 Å². The van der Waals surface area contributed by atoms with Crippen LogP contribution in [0.3, 0.4) is 0 Å². The van der Waals surface area contributed by atoms with E-state index in [1.807, 2.05) is 13.0 Å². The van der Waals surface area contributed by atoms with E-state index in [0.29, 0.717) is 12.1 Å². The Kier molecular flexibility index (Phi) is 5.68. The van der Waals surface area contributed by atoms with Gasteiger partial charge in [-0.05, 0) is 18.1 Å². The number of carboxylic acid groups (broad SMARTS) is 1. The van der Waals surface area contributed by atoms with Crippen LogP contribution in [0, 0.1) is 5.92 Å². The number of hydrogen-bond donors (Lipinski definition) is 2. The van der Waals surface area contributed by atoms with E-state index in [0.717, 1.165) is 0 Å². The number of amides is 2. The molecule has 0 radical (unpaired) electrons. The predicted octanol–water partition coefficient (Wildman–Crippen LogP) is 1.78.